The summed E-state index contributed by atoms with van der Waals surface area (Å²) in [6, 6.07) is 7.49. The summed E-state index contributed by atoms with van der Waals surface area (Å²) in [5.41, 5.74) is -0.0806. The molecule has 0 saturated carbocycles. The summed E-state index contributed by atoms with van der Waals surface area (Å²) in [7, 11) is 1.62. The molecule has 2 heteroatoms. The first-order valence-electron chi connectivity index (χ1n) is 4.40. The van der Waals surface area contributed by atoms with Gasteiger partial charge in [-0.25, -0.2) is 0 Å². The first-order chi connectivity index (χ1) is 6.57. The Morgan fingerprint density at radius 1 is 1.43 bits per heavy atom. The van der Waals surface area contributed by atoms with Crippen molar-refractivity contribution < 1.29 is 9.84 Å². The van der Waals surface area contributed by atoms with E-state index in [9.17, 15) is 5.11 Å². The molecule has 1 aromatic carbocycles. The predicted molar refractivity (Wildman–Crippen MR) is 56.2 cm³/mol. The van der Waals surface area contributed by atoms with E-state index in [1.807, 2.05) is 24.3 Å². The summed E-state index contributed by atoms with van der Waals surface area (Å²) in [5, 5.41) is 9.64. The van der Waals surface area contributed by atoms with Crippen LogP contribution < -0.4 is 4.74 Å². The molecule has 1 unspecified atom stereocenters. The van der Waals surface area contributed by atoms with Gasteiger partial charge in [0, 0.05) is 6.42 Å². The average molecular weight is 190 g/mol. The zero-order valence-electron chi connectivity index (χ0n) is 8.45. The van der Waals surface area contributed by atoms with Gasteiger partial charge in [0.05, 0.1) is 7.11 Å². The Labute approximate surface area is 84.5 Å². The van der Waals surface area contributed by atoms with Crippen LogP contribution in [0.3, 0.4) is 0 Å². The van der Waals surface area contributed by atoms with Crippen LogP contribution in [0.2, 0.25) is 0 Å². The molecule has 0 aliphatic rings. The van der Waals surface area contributed by atoms with E-state index in [1.165, 1.54) is 0 Å². The fourth-order valence-electron chi connectivity index (χ4n) is 1.19. The van der Waals surface area contributed by atoms with Gasteiger partial charge in [0.15, 0.2) is 0 Å². The Morgan fingerprint density at radius 3 is 2.43 bits per heavy atom. The number of benzene rings is 1. The molecule has 1 atom stereocenters. The smallest absolute Gasteiger partial charge is 0.126 e. The lowest BCUT2D eigenvalue weighted by Crippen LogP contribution is -2.24. The number of hydrogen-bond acceptors (Lipinski definition) is 2. The number of rotatable bonds is 3. The average Bonchev–Trinajstić information content (AvgIpc) is 2.19. The van der Waals surface area contributed by atoms with Crippen molar-refractivity contribution in [1.82, 2.24) is 0 Å². The van der Waals surface area contributed by atoms with Crippen LogP contribution in [0.5, 0.6) is 5.75 Å². The topological polar surface area (TPSA) is 29.5 Å². The molecule has 0 aliphatic carbocycles. The lowest BCUT2D eigenvalue weighted by atomic mass is 9.97. The summed E-state index contributed by atoms with van der Waals surface area (Å²) in [4.78, 5) is 0. The van der Waals surface area contributed by atoms with Crippen LogP contribution in [0.25, 0.3) is 0 Å². The van der Waals surface area contributed by atoms with E-state index < -0.39 is 5.60 Å². The molecule has 2 nitrogen and oxygen atoms in total. The van der Waals surface area contributed by atoms with Crippen molar-refractivity contribution in [3.63, 3.8) is 0 Å². The summed E-state index contributed by atoms with van der Waals surface area (Å²) < 4.78 is 5.02. The van der Waals surface area contributed by atoms with E-state index in [0.29, 0.717) is 6.42 Å². The van der Waals surface area contributed by atoms with Gasteiger partial charge in [-0.15, -0.1) is 6.42 Å². The molecular weight excluding hydrogens is 176 g/mol. The summed E-state index contributed by atoms with van der Waals surface area (Å²) in [5.74, 6) is 3.14. The second-order valence-electron chi connectivity index (χ2n) is 3.44. The molecule has 74 valence electrons. The number of hydrogen-bond donors (Lipinski definition) is 1. The van der Waals surface area contributed by atoms with E-state index in [0.717, 1.165) is 11.3 Å². The molecule has 0 aliphatic heterocycles. The Morgan fingerprint density at radius 2 is 2.00 bits per heavy atom. The fraction of sp³-hybridized carbons (Fsp3) is 0.333. The SMILES string of the molecule is C#CC(C)(O)Cc1ccc(OC)cc1. The van der Waals surface area contributed by atoms with Crippen LogP contribution in [0.1, 0.15) is 12.5 Å². The van der Waals surface area contributed by atoms with Crippen molar-refractivity contribution in [2.24, 2.45) is 0 Å². The minimum Gasteiger partial charge on any atom is -0.497 e. The van der Waals surface area contributed by atoms with E-state index in [2.05, 4.69) is 5.92 Å². The van der Waals surface area contributed by atoms with Crippen molar-refractivity contribution in [3.8, 4) is 18.1 Å². The first-order valence-corrected chi connectivity index (χ1v) is 4.40. The molecule has 1 N–H and O–H groups in total. The highest BCUT2D eigenvalue weighted by Gasteiger charge is 2.16. The largest absolute Gasteiger partial charge is 0.497 e. The lowest BCUT2D eigenvalue weighted by Gasteiger charge is -2.15. The molecule has 14 heavy (non-hydrogen) atoms. The monoisotopic (exact) mass is 190 g/mol. The van der Waals surface area contributed by atoms with Gasteiger partial charge in [0.25, 0.3) is 0 Å². The van der Waals surface area contributed by atoms with Crippen LogP contribution in [-0.2, 0) is 6.42 Å². The minimum atomic E-state index is -1.07. The van der Waals surface area contributed by atoms with Gasteiger partial charge in [-0.3, -0.25) is 0 Å². The highest BCUT2D eigenvalue weighted by atomic mass is 16.5. The van der Waals surface area contributed by atoms with Gasteiger partial charge in [-0.2, -0.15) is 0 Å². The third-order valence-corrected chi connectivity index (χ3v) is 2.02. The van der Waals surface area contributed by atoms with Crippen LogP contribution >= 0.6 is 0 Å². The number of methoxy groups -OCH3 is 1. The van der Waals surface area contributed by atoms with Crippen molar-refractivity contribution in [2.45, 2.75) is 18.9 Å². The third-order valence-electron chi connectivity index (χ3n) is 2.02. The van der Waals surface area contributed by atoms with E-state index in [1.54, 1.807) is 14.0 Å². The summed E-state index contributed by atoms with van der Waals surface area (Å²) in [6.45, 7) is 1.62. The van der Waals surface area contributed by atoms with Gasteiger partial charge >= 0.3 is 0 Å². The zero-order chi connectivity index (χ0) is 10.6. The maximum Gasteiger partial charge on any atom is 0.126 e. The Bertz CT molecular complexity index is 330. The molecule has 1 aromatic rings. The summed E-state index contributed by atoms with van der Waals surface area (Å²) >= 11 is 0. The second kappa shape index (κ2) is 4.17. The molecule has 0 amide bonds. The maximum atomic E-state index is 9.64. The summed E-state index contributed by atoms with van der Waals surface area (Å²) in [6.07, 6.45) is 5.64. The number of aliphatic hydroxyl groups is 1. The normalized spacial score (nSPS) is 14.1. The molecule has 1 rings (SSSR count). The van der Waals surface area contributed by atoms with Crippen molar-refractivity contribution in [1.29, 1.82) is 0 Å². The van der Waals surface area contributed by atoms with Crippen LogP contribution in [0, 0.1) is 12.3 Å². The highest BCUT2D eigenvalue weighted by molar-refractivity contribution is 5.29. The maximum absolute atomic E-state index is 9.64. The van der Waals surface area contributed by atoms with Crippen molar-refractivity contribution in [3.05, 3.63) is 29.8 Å². The van der Waals surface area contributed by atoms with Crippen molar-refractivity contribution >= 4 is 0 Å². The molecule has 0 fully saturated rings. The second-order valence-corrected chi connectivity index (χ2v) is 3.44. The molecule has 0 radical (unpaired) electrons. The molecule has 0 heterocycles. The van der Waals surface area contributed by atoms with E-state index >= 15 is 0 Å². The van der Waals surface area contributed by atoms with E-state index in [-0.39, 0.29) is 0 Å². The van der Waals surface area contributed by atoms with E-state index in [4.69, 9.17) is 11.2 Å². The predicted octanol–water partition coefficient (Wildman–Crippen LogP) is 1.62. The third kappa shape index (κ3) is 2.79. The molecule has 0 bridgehead atoms. The first kappa shape index (κ1) is 10.6. The van der Waals surface area contributed by atoms with Gasteiger partial charge in [0.1, 0.15) is 11.4 Å². The standard InChI is InChI=1S/C12H14O2/c1-4-12(2,13)9-10-5-7-11(14-3)8-6-10/h1,5-8,13H,9H2,2-3H3. The molecular formula is C12H14O2. The van der Waals surface area contributed by atoms with Gasteiger partial charge in [-0.05, 0) is 24.6 Å². The van der Waals surface area contributed by atoms with Gasteiger partial charge in [0.2, 0.25) is 0 Å². The number of terminal acetylenes is 1. The number of ether oxygens (including phenoxy) is 1. The van der Waals surface area contributed by atoms with Crippen LogP contribution in [0.15, 0.2) is 24.3 Å². The highest BCUT2D eigenvalue weighted by Crippen LogP contribution is 2.16. The minimum absolute atomic E-state index is 0.452. The Hall–Kier alpha value is -1.46. The van der Waals surface area contributed by atoms with Gasteiger partial charge < -0.3 is 9.84 Å². The Kier molecular flexibility index (Phi) is 3.16. The van der Waals surface area contributed by atoms with Crippen molar-refractivity contribution in [2.75, 3.05) is 7.11 Å². The molecule has 0 saturated heterocycles. The lowest BCUT2D eigenvalue weighted by molar-refractivity contribution is 0.123. The Balaban J connectivity index is 2.75. The van der Waals surface area contributed by atoms with Crippen LogP contribution in [0.4, 0.5) is 0 Å². The molecule has 0 spiro atoms. The zero-order valence-corrected chi connectivity index (χ0v) is 8.45. The molecule has 0 aromatic heterocycles. The van der Waals surface area contributed by atoms with Crippen LogP contribution in [-0.4, -0.2) is 17.8 Å². The quantitative estimate of drug-likeness (QED) is 0.734. The fourth-order valence-corrected chi connectivity index (χ4v) is 1.19. The van der Waals surface area contributed by atoms with Gasteiger partial charge in [-0.1, -0.05) is 18.1 Å².